The van der Waals surface area contributed by atoms with Crippen molar-refractivity contribution in [2.75, 3.05) is 18.9 Å². The molecule has 2 N–H and O–H groups in total. The topological polar surface area (TPSA) is 79.4 Å². The van der Waals surface area contributed by atoms with Gasteiger partial charge in [0.2, 0.25) is 0 Å². The van der Waals surface area contributed by atoms with Gasteiger partial charge in [0.15, 0.2) is 0 Å². The van der Waals surface area contributed by atoms with Gasteiger partial charge in [-0.3, -0.25) is 0 Å². The van der Waals surface area contributed by atoms with E-state index in [4.69, 9.17) is 15.2 Å². The van der Waals surface area contributed by atoms with E-state index in [-0.39, 0.29) is 5.97 Å². The first kappa shape index (κ1) is 13.9. The Morgan fingerprint density at radius 3 is 2.80 bits per heavy atom. The van der Waals surface area contributed by atoms with Crippen LogP contribution in [0.25, 0.3) is 0 Å². The Hall–Kier alpha value is -2.50. The SMILES string of the molecule is CCOC(=O)c1cncn1CCOc1ccc(N)cc1. The third-order valence-electron chi connectivity index (χ3n) is 2.68. The van der Waals surface area contributed by atoms with Gasteiger partial charge >= 0.3 is 5.97 Å². The molecule has 0 saturated carbocycles. The first-order valence-corrected chi connectivity index (χ1v) is 6.36. The van der Waals surface area contributed by atoms with Crippen molar-refractivity contribution in [3.63, 3.8) is 0 Å². The van der Waals surface area contributed by atoms with Gasteiger partial charge in [-0.05, 0) is 31.2 Å². The maximum Gasteiger partial charge on any atom is 0.356 e. The van der Waals surface area contributed by atoms with Gasteiger partial charge in [0.05, 0.1) is 25.7 Å². The molecule has 0 atom stereocenters. The van der Waals surface area contributed by atoms with Gasteiger partial charge in [-0.25, -0.2) is 9.78 Å². The van der Waals surface area contributed by atoms with Crippen LogP contribution in [-0.4, -0.2) is 28.7 Å². The smallest absolute Gasteiger partial charge is 0.356 e. The normalized spacial score (nSPS) is 10.2. The largest absolute Gasteiger partial charge is 0.492 e. The molecule has 1 aromatic heterocycles. The molecule has 1 heterocycles. The Morgan fingerprint density at radius 2 is 2.10 bits per heavy atom. The molecule has 6 heteroatoms. The number of nitrogens with two attached hydrogens (primary N) is 1. The van der Waals surface area contributed by atoms with Gasteiger partial charge in [-0.1, -0.05) is 0 Å². The van der Waals surface area contributed by atoms with Gasteiger partial charge < -0.3 is 19.8 Å². The second kappa shape index (κ2) is 6.60. The summed E-state index contributed by atoms with van der Waals surface area (Å²) in [7, 11) is 0. The zero-order valence-corrected chi connectivity index (χ0v) is 11.3. The fraction of sp³-hybridized carbons (Fsp3) is 0.286. The molecule has 2 aromatic rings. The molecular weight excluding hydrogens is 258 g/mol. The molecule has 0 aliphatic carbocycles. The second-order valence-corrected chi connectivity index (χ2v) is 4.11. The summed E-state index contributed by atoms with van der Waals surface area (Å²) in [6.45, 7) is 3.04. The zero-order valence-electron chi connectivity index (χ0n) is 11.3. The second-order valence-electron chi connectivity index (χ2n) is 4.11. The molecule has 20 heavy (non-hydrogen) atoms. The van der Waals surface area contributed by atoms with Crippen LogP contribution in [0, 0.1) is 0 Å². The molecule has 0 bridgehead atoms. The van der Waals surface area contributed by atoms with E-state index in [1.54, 1.807) is 42.1 Å². The summed E-state index contributed by atoms with van der Waals surface area (Å²) in [6.07, 6.45) is 3.07. The Labute approximate surface area is 117 Å². The number of anilines is 1. The molecule has 0 radical (unpaired) electrons. The molecule has 0 spiro atoms. The van der Waals surface area contributed by atoms with Crippen LogP contribution in [0.5, 0.6) is 5.75 Å². The lowest BCUT2D eigenvalue weighted by Crippen LogP contribution is -2.15. The molecule has 2 rings (SSSR count). The van der Waals surface area contributed by atoms with E-state index in [0.29, 0.717) is 31.1 Å². The van der Waals surface area contributed by atoms with Gasteiger partial charge in [0, 0.05) is 5.69 Å². The minimum Gasteiger partial charge on any atom is -0.492 e. The van der Waals surface area contributed by atoms with E-state index in [0.717, 1.165) is 5.75 Å². The highest BCUT2D eigenvalue weighted by atomic mass is 16.5. The van der Waals surface area contributed by atoms with E-state index in [9.17, 15) is 4.79 Å². The number of carbonyl (C=O) groups excluding carboxylic acids is 1. The van der Waals surface area contributed by atoms with E-state index in [2.05, 4.69) is 4.98 Å². The number of nitrogens with zero attached hydrogens (tertiary/aromatic N) is 2. The van der Waals surface area contributed by atoms with Crippen molar-refractivity contribution in [2.45, 2.75) is 13.5 Å². The van der Waals surface area contributed by atoms with E-state index in [1.807, 2.05) is 0 Å². The number of benzene rings is 1. The lowest BCUT2D eigenvalue weighted by molar-refractivity contribution is 0.0513. The number of rotatable bonds is 6. The van der Waals surface area contributed by atoms with Crippen molar-refractivity contribution < 1.29 is 14.3 Å². The standard InChI is InChI=1S/C14H17N3O3/c1-2-19-14(18)13-9-16-10-17(13)7-8-20-12-5-3-11(15)4-6-12/h3-6,9-10H,2,7-8,15H2,1H3. The summed E-state index contributed by atoms with van der Waals surface area (Å²) in [5, 5.41) is 0. The number of esters is 1. The molecule has 6 nitrogen and oxygen atoms in total. The fourth-order valence-corrected chi connectivity index (χ4v) is 1.70. The van der Waals surface area contributed by atoms with Crippen LogP contribution in [0.1, 0.15) is 17.4 Å². The van der Waals surface area contributed by atoms with Crippen LogP contribution in [0.4, 0.5) is 5.69 Å². The van der Waals surface area contributed by atoms with Crippen molar-refractivity contribution in [1.29, 1.82) is 0 Å². The molecule has 0 saturated heterocycles. The van der Waals surface area contributed by atoms with Crippen molar-refractivity contribution >= 4 is 11.7 Å². The van der Waals surface area contributed by atoms with Crippen molar-refractivity contribution in [1.82, 2.24) is 9.55 Å². The van der Waals surface area contributed by atoms with Crippen molar-refractivity contribution in [2.24, 2.45) is 0 Å². The fourth-order valence-electron chi connectivity index (χ4n) is 1.70. The zero-order chi connectivity index (χ0) is 14.4. The van der Waals surface area contributed by atoms with Crippen LogP contribution in [0.15, 0.2) is 36.8 Å². The number of carbonyl (C=O) groups is 1. The van der Waals surface area contributed by atoms with Gasteiger partial charge in [0.1, 0.15) is 18.1 Å². The van der Waals surface area contributed by atoms with Crippen LogP contribution in [-0.2, 0) is 11.3 Å². The number of aromatic nitrogens is 2. The highest BCUT2D eigenvalue weighted by Gasteiger charge is 2.12. The third-order valence-corrected chi connectivity index (χ3v) is 2.68. The monoisotopic (exact) mass is 275 g/mol. The number of nitrogen functional groups attached to an aromatic ring is 1. The Balaban J connectivity index is 1.90. The van der Waals surface area contributed by atoms with Gasteiger partial charge in [-0.2, -0.15) is 0 Å². The van der Waals surface area contributed by atoms with Crippen LogP contribution in [0.3, 0.4) is 0 Å². The Kier molecular flexibility index (Phi) is 4.60. The number of hydrogen-bond acceptors (Lipinski definition) is 5. The first-order chi connectivity index (χ1) is 9.70. The Morgan fingerprint density at radius 1 is 1.35 bits per heavy atom. The predicted octanol–water partition coefficient (Wildman–Crippen LogP) is 1.72. The third kappa shape index (κ3) is 3.50. The molecule has 0 amide bonds. The van der Waals surface area contributed by atoms with E-state index < -0.39 is 0 Å². The summed E-state index contributed by atoms with van der Waals surface area (Å²) < 4.78 is 12.2. The average molecular weight is 275 g/mol. The van der Waals surface area contributed by atoms with Crippen LogP contribution < -0.4 is 10.5 Å². The average Bonchev–Trinajstić information content (AvgIpc) is 2.90. The minimum absolute atomic E-state index is 0.339. The predicted molar refractivity (Wildman–Crippen MR) is 74.5 cm³/mol. The Bertz CT molecular complexity index is 563. The highest BCUT2D eigenvalue weighted by Crippen LogP contribution is 2.13. The number of ether oxygens (including phenoxy) is 2. The summed E-state index contributed by atoms with van der Waals surface area (Å²) >= 11 is 0. The summed E-state index contributed by atoms with van der Waals surface area (Å²) in [5.41, 5.74) is 6.71. The maximum absolute atomic E-state index is 11.7. The van der Waals surface area contributed by atoms with Crippen LogP contribution in [0.2, 0.25) is 0 Å². The molecule has 1 aromatic carbocycles. The summed E-state index contributed by atoms with van der Waals surface area (Å²) in [4.78, 5) is 15.6. The van der Waals surface area contributed by atoms with Gasteiger partial charge in [0.25, 0.3) is 0 Å². The number of imidazole rings is 1. The first-order valence-electron chi connectivity index (χ1n) is 6.36. The quantitative estimate of drug-likeness (QED) is 0.641. The molecular formula is C14H17N3O3. The van der Waals surface area contributed by atoms with Crippen molar-refractivity contribution in [3.05, 3.63) is 42.5 Å². The maximum atomic E-state index is 11.7. The molecule has 0 unspecified atom stereocenters. The summed E-state index contributed by atoms with van der Waals surface area (Å²) in [5.74, 6) is 0.356. The van der Waals surface area contributed by atoms with Crippen LogP contribution >= 0.6 is 0 Å². The van der Waals surface area contributed by atoms with Gasteiger partial charge in [-0.15, -0.1) is 0 Å². The molecule has 106 valence electrons. The molecule has 0 aliphatic heterocycles. The lowest BCUT2D eigenvalue weighted by atomic mass is 10.3. The highest BCUT2D eigenvalue weighted by molar-refractivity contribution is 5.87. The summed E-state index contributed by atoms with van der Waals surface area (Å²) in [6, 6.07) is 7.15. The minimum atomic E-state index is -0.377. The number of hydrogen-bond donors (Lipinski definition) is 1. The molecule has 0 aliphatic rings. The van der Waals surface area contributed by atoms with E-state index in [1.165, 1.54) is 6.20 Å². The van der Waals surface area contributed by atoms with Crippen molar-refractivity contribution in [3.8, 4) is 5.75 Å². The lowest BCUT2D eigenvalue weighted by Gasteiger charge is -2.09. The van der Waals surface area contributed by atoms with E-state index >= 15 is 0 Å². The molecule has 0 fully saturated rings.